The van der Waals surface area contributed by atoms with E-state index in [0.717, 1.165) is 24.6 Å². The number of guanidine groups is 1. The van der Waals surface area contributed by atoms with Crippen molar-refractivity contribution in [2.75, 3.05) is 33.9 Å². The van der Waals surface area contributed by atoms with Gasteiger partial charge < -0.3 is 29.4 Å². The number of rotatable bonds is 11. The van der Waals surface area contributed by atoms with Crippen LogP contribution in [0.1, 0.15) is 25.0 Å². The summed E-state index contributed by atoms with van der Waals surface area (Å²) in [7, 11) is 5.26. The monoisotopic (exact) mass is 404 g/mol. The molecule has 1 unspecified atom stereocenters. The minimum atomic E-state index is -0.0886. The van der Waals surface area contributed by atoms with Gasteiger partial charge in [0.05, 0.1) is 13.7 Å². The fourth-order valence-corrected chi connectivity index (χ4v) is 2.55. The summed E-state index contributed by atoms with van der Waals surface area (Å²) < 4.78 is 18.4. The maximum atomic E-state index is 6.00. The second-order valence-electron chi connectivity index (χ2n) is 6.62. The standard InChI is InChI=1S/C20H32N6O3/c1-15(29-18-10-7-6-9-17(18)28-5)13-22-20(21-11-8-12-27-4)23-14-19-25-24-16(2)26(19)3/h6-7,9-10,15H,8,11-14H2,1-5H3,(H2,21,22,23). The van der Waals surface area contributed by atoms with Crippen LogP contribution in [0.5, 0.6) is 11.5 Å². The van der Waals surface area contributed by atoms with Gasteiger partial charge in [0.2, 0.25) is 0 Å². The fourth-order valence-electron chi connectivity index (χ4n) is 2.55. The van der Waals surface area contributed by atoms with Gasteiger partial charge in [0.1, 0.15) is 18.5 Å². The Morgan fingerprint density at radius 2 is 1.93 bits per heavy atom. The first-order valence-corrected chi connectivity index (χ1v) is 9.70. The Balaban J connectivity index is 1.94. The van der Waals surface area contributed by atoms with Crippen LogP contribution in [-0.2, 0) is 18.3 Å². The van der Waals surface area contributed by atoms with E-state index in [2.05, 4.69) is 25.8 Å². The predicted octanol–water partition coefficient (Wildman–Crippen LogP) is 1.67. The first-order chi connectivity index (χ1) is 14.0. The van der Waals surface area contributed by atoms with Crippen LogP contribution in [0.4, 0.5) is 0 Å². The van der Waals surface area contributed by atoms with Crippen LogP contribution in [0.25, 0.3) is 0 Å². The Bertz CT molecular complexity index is 777. The van der Waals surface area contributed by atoms with Crippen LogP contribution in [0, 0.1) is 6.92 Å². The number of nitrogens with zero attached hydrogens (tertiary/aromatic N) is 4. The van der Waals surface area contributed by atoms with Gasteiger partial charge in [-0.2, -0.15) is 0 Å². The van der Waals surface area contributed by atoms with Crippen molar-refractivity contribution in [3.05, 3.63) is 35.9 Å². The molecule has 2 N–H and O–H groups in total. The average molecular weight is 405 g/mol. The van der Waals surface area contributed by atoms with Crippen molar-refractivity contribution in [2.24, 2.45) is 12.0 Å². The highest BCUT2D eigenvalue weighted by Crippen LogP contribution is 2.26. The smallest absolute Gasteiger partial charge is 0.191 e. The summed E-state index contributed by atoms with van der Waals surface area (Å²) in [5.74, 6) is 3.78. The van der Waals surface area contributed by atoms with Crippen molar-refractivity contribution >= 4 is 5.96 Å². The number of benzene rings is 1. The highest BCUT2D eigenvalue weighted by Gasteiger charge is 2.10. The van der Waals surface area contributed by atoms with Gasteiger partial charge in [-0.1, -0.05) is 12.1 Å². The van der Waals surface area contributed by atoms with Crippen LogP contribution in [0.2, 0.25) is 0 Å². The Kier molecular flexibility index (Phi) is 9.23. The molecule has 29 heavy (non-hydrogen) atoms. The maximum Gasteiger partial charge on any atom is 0.191 e. The van der Waals surface area contributed by atoms with E-state index in [1.165, 1.54) is 0 Å². The molecule has 9 nitrogen and oxygen atoms in total. The molecule has 0 radical (unpaired) electrons. The van der Waals surface area contributed by atoms with E-state index in [1.807, 2.05) is 49.7 Å². The molecule has 0 aliphatic heterocycles. The number of aliphatic imine (C=N–C) groups is 1. The van der Waals surface area contributed by atoms with Crippen LogP contribution in [0.3, 0.4) is 0 Å². The molecule has 9 heteroatoms. The van der Waals surface area contributed by atoms with Gasteiger partial charge in [-0.3, -0.25) is 0 Å². The summed E-state index contributed by atoms with van der Waals surface area (Å²) in [6.45, 7) is 6.35. The summed E-state index contributed by atoms with van der Waals surface area (Å²) >= 11 is 0. The SMILES string of the molecule is COCCCNC(=NCc1nnc(C)n1C)NCC(C)Oc1ccccc1OC. The van der Waals surface area contributed by atoms with E-state index in [1.54, 1.807) is 14.2 Å². The van der Waals surface area contributed by atoms with E-state index < -0.39 is 0 Å². The quantitative estimate of drug-likeness (QED) is 0.334. The van der Waals surface area contributed by atoms with Crippen LogP contribution >= 0.6 is 0 Å². The number of aryl methyl sites for hydroxylation is 1. The zero-order valence-electron chi connectivity index (χ0n) is 17.9. The molecule has 0 bridgehead atoms. The van der Waals surface area contributed by atoms with Gasteiger partial charge in [0.15, 0.2) is 23.3 Å². The molecule has 0 saturated heterocycles. The summed E-state index contributed by atoms with van der Waals surface area (Å²) in [5, 5.41) is 14.9. The minimum absolute atomic E-state index is 0.0886. The molecule has 1 heterocycles. The van der Waals surface area contributed by atoms with E-state index in [4.69, 9.17) is 14.2 Å². The van der Waals surface area contributed by atoms with E-state index in [0.29, 0.717) is 37.2 Å². The van der Waals surface area contributed by atoms with Crippen LogP contribution < -0.4 is 20.1 Å². The third kappa shape index (κ3) is 7.26. The third-order valence-electron chi connectivity index (χ3n) is 4.33. The van der Waals surface area contributed by atoms with Gasteiger partial charge >= 0.3 is 0 Å². The van der Waals surface area contributed by atoms with Crippen LogP contribution in [0.15, 0.2) is 29.3 Å². The van der Waals surface area contributed by atoms with Crippen LogP contribution in [-0.4, -0.2) is 60.7 Å². The van der Waals surface area contributed by atoms with Crippen molar-refractivity contribution in [3.63, 3.8) is 0 Å². The Morgan fingerprint density at radius 1 is 1.17 bits per heavy atom. The van der Waals surface area contributed by atoms with Gasteiger partial charge in [-0.25, -0.2) is 4.99 Å². The van der Waals surface area contributed by atoms with Crippen molar-refractivity contribution in [3.8, 4) is 11.5 Å². The molecule has 0 spiro atoms. The first kappa shape index (κ1) is 22.5. The lowest BCUT2D eigenvalue weighted by Gasteiger charge is -2.19. The average Bonchev–Trinajstić information content (AvgIpc) is 3.05. The number of methoxy groups -OCH3 is 2. The Hall–Kier alpha value is -2.81. The third-order valence-corrected chi connectivity index (χ3v) is 4.33. The van der Waals surface area contributed by atoms with Gasteiger partial charge in [0.25, 0.3) is 0 Å². The largest absolute Gasteiger partial charge is 0.493 e. The summed E-state index contributed by atoms with van der Waals surface area (Å²) in [4.78, 5) is 4.63. The van der Waals surface area contributed by atoms with Crippen molar-refractivity contribution in [1.29, 1.82) is 0 Å². The molecular weight excluding hydrogens is 372 g/mol. The lowest BCUT2D eigenvalue weighted by Crippen LogP contribution is -2.42. The highest BCUT2D eigenvalue weighted by atomic mass is 16.5. The molecule has 0 saturated carbocycles. The molecule has 0 aliphatic rings. The normalized spacial score (nSPS) is 12.5. The Labute approximate surface area is 172 Å². The second kappa shape index (κ2) is 11.9. The molecule has 2 aromatic rings. The summed E-state index contributed by atoms with van der Waals surface area (Å²) in [5.41, 5.74) is 0. The van der Waals surface area contributed by atoms with Gasteiger partial charge in [-0.05, 0) is 32.4 Å². The van der Waals surface area contributed by atoms with Crippen molar-refractivity contribution in [1.82, 2.24) is 25.4 Å². The molecule has 1 aromatic carbocycles. The van der Waals surface area contributed by atoms with E-state index in [9.17, 15) is 0 Å². The summed E-state index contributed by atoms with van der Waals surface area (Å²) in [6.07, 6.45) is 0.794. The topological polar surface area (TPSA) is 94.8 Å². The van der Waals surface area contributed by atoms with Gasteiger partial charge in [-0.15, -0.1) is 10.2 Å². The number of para-hydroxylation sites is 2. The zero-order chi connectivity index (χ0) is 21.1. The van der Waals surface area contributed by atoms with Gasteiger partial charge in [0, 0.05) is 27.3 Å². The fraction of sp³-hybridized carbons (Fsp3) is 0.550. The first-order valence-electron chi connectivity index (χ1n) is 9.70. The molecule has 160 valence electrons. The molecule has 2 rings (SSSR count). The molecule has 1 atom stereocenters. The minimum Gasteiger partial charge on any atom is -0.493 e. The van der Waals surface area contributed by atoms with Crippen molar-refractivity contribution < 1.29 is 14.2 Å². The zero-order valence-corrected chi connectivity index (χ0v) is 17.9. The number of aromatic nitrogens is 3. The van der Waals surface area contributed by atoms with E-state index >= 15 is 0 Å². The van der Waals surface area contributed by atoms with E-state index in [-0.39, 0.29) is 6.10 Å². The number of hydrogen-bond acceptors (Lipinski definition) is 6. The lowest BCUT2D eigenvalue weighted by molar-refractivity contribution is 0.195. The molecule has 0 amide bonds. The van der Waals surface area contributed by atoms with Crippen molar-refractivity contribution in [2.45, 2.75) is 32.9 Å². The number of hydrogen-bond donors (Lipinski definition) is 2. The second-order valence-corrected chi connectivity index (χ2v) is 6.62. The summed E-state index contributed by atoms with van der Waals surface area (Å²) in [6, 6.07) is 7.61. The molecule has 0 fully saturated rings. The predicted molar refractivity (Wildman–Crippen MR) is 112 cm³/mol. The number of ether oxygens (including phenoxy) is 3. The maximum absolute atomic E-state index is 6.00. The lowest BCUT2D eigenvalue weighted by atomic mass is 10.3. The number of nitrogens with one attached hydrogen (secondary N) is 2. The molecular formula is C20H32N6O3. The highest BCUT2D eigenvalue weighted by molar-refractivity contribution is 5.79. The Morgan fingerprint density at radius 3 is 2.59 bits per heavy atom. The molecule has 0 aliphatic carbocycles. The molecule has 1 aromatic heterocycles.